The number of rotatable bonds is 7. The second kappa shape index (κ2) is 9.57. The zero-order valence-corrected chi connectivity index (χ0v) is 18.2. The number of fused-ring (bicyclic) bond motifs is 1. The Morgan fingerprint density at radius 1 is 1.03 bits per heavy atom. The van der Waals surface area contributed by atoms with Crippen molar-refractivity contribution in [1.82, 2.24) is 14.7 Å². The maximum Gasteiger partial charge on any atom is 0.119 e. The van der Waals surface area contributed by atoms with Crippen LogP contribution in [0.1, 0.15) is 18.4 Å². The fraction of sp³-hybridized carbons (Fsp3) is 0.346. The van der Waals surface area contributed by atoms with Gasteiger partial charge in [-0.1, -0.05) is 30.3 Å². The number of hydrogen-bond donors (Lipinski definition) is 0. The molecule has 5 nitrogen and oxygen atoms in total. The average molecular weight is 433 g/mol. The zero-order chi connectivity index (χ0) is 21.8. The molecule has 0 bridgehead atoms. The van der Waals surface area contributed by atoms with Crippen molar-refractivity contribution in [2.45, 2.75) is 32.2 Å². The summed E-state index contributed by atoms with van der Waals surface area (Å²) in [4.78, 5) is 4.54. The number of anilines is 1. The van der Waals surface area contributed by atoms with E-state index in [9.17, 15) is 4.39 Å². The lowest BCUT2D eigenvalue weighted by atomic mass is 10.1. The number of likely N-dealkylation sites (tertiary alicyclic amines) is 1. The number of hydrogen-bond acceptors (Lipinski definition) is 4. The molecule has 0 N–H and O–H groups in total. The first-order valence-corrected chi connectivity index (χ1v) is 11.4. The Labute approximate surface area is 188 Å². The summed E-state index contributed by atoms with van der Waals surface area (Å²) in [5.74, 6) is 0.899. The normalized spacial score (nSPS) is 17.7. The Hall–Kier alpha value is -3.12. The molecule has 3 aromatic rings. The number of alkyl halides is 1. The molecule has 0 saturated carbocycles. The van der Waals surface area contributed by atoms with Crippen LogP contribution in [-0.2, 0) is 17.9 Å². The van der Waals surface area contributed by atoms with Crippen LogP contribution in [0.3, 0.4) is 0 Å². The molecule has 166 valence electrons. The zero-order valence-electron chi connectivity index (χ0n) is 18.2. The molecule has 1 aromatic heterocycles. The molecule has 0 radical (unpaired) electrons. The Bertz CT molecular complexity index is 1100. The van der Waals surface area contributed by atoms with Gasteiger partial charge in [0.2, 0.25) is 0 Å². The molecule has 2 aliphatic rings. The number of piperidine rings is 1. The van der Waals surface area contributed by atoms with E-state index >= 15 is 0 Å². The number of aromatic nitrogens is 2. The Morgan fingerprint density at radius 2 is 1.88 bits per heavy atom. The Morgan fingerprint density at radius 3 is 2.66 bits per heavy atom. The summed E-state index contributed by atoms with van der Waals surface area (Å²) in [6, 6.07) is 16.7. The predicted molar refractivity (Wildman–Crippen MR) is 126 cm³/mol. The van der Waals surface area contributed by atoms with Gasteiger partial charge in [0.25, 0.3) is 0 Å². The lowest BCUT2D eigenvalue weighted by molar-refractivity contribution is 0.146. The van der Waals surface area contributed by atoms with Gasteiger partial charge in [-0.3, -0.25) is 4.68 Å². The Kier molecular flexibility index (Phi) is 6.21. The highest BCUT2D eigenvalue weighted by Crippen LogP contribution is 2.25. The molecule has 0 amide bonds. The summed E-state index contributed by atoms with van der Waals surface area (Å²) in [5, 5.41) is 5.73. The van der Waals surface area contributed by atoms with Gasteiger partial charge >= 0.3 is 0 Å². The first-order valence-electron chi connectivity index (χ1n) is 11.4. The third-order valence-corrected chi connectivity index (χ3v) is 6.26. The number of benzene rings is 2. The third-order valence-electron chi connectivity index (χ3n) is 6.26. The molecule has 6 heteroatoms. The van der Waals surface area contributed by atoms with E-state index in [-0.39, 0.29) is 0 Å². The molecule has 2 aromatic carbocycles. The van der Waals surface area contributed by atoms with Gasteiger partial charge in [-0.05, 0) is 48.8 Å². The lowest BCUT2D eigenvalue weighted by Crippen LogP contribution is -2.36. The molecule has 3 heterocycles. The topological polar surface area (TPSA) is 33.5 Å². The van der Waals surface area contributed by atoms with Gasteiger partial charge in [-0.2, -0.15) is 5.10 Å². The van der Waals surface area contributed by atoms with Crippen LogP contribution in [0.2, 0.25) is 0 Å². The molecule has 1 saturated heterocycles. The number of allylic oxidation sites excluding steroid dienone is 1. The monoisotopic (exact) mass is 432 g/mol. The number of halogens is 1. The molecule has 0 unspecified atom stereocenters. The molecule has 1 fully saturated rings. The van der Waals surface area contributed by atoms with Crippen LogP contribution in [0.4, 0.5) is 10.1 Å². The maximum absolute atomic E-state index is 13.3. The van der Waals surface area contributed by atoms with E-state index in [0.717, 1.165) is 55.1 Å². The molecular formula is C26H29FN4O. The van der Waals surface area contributed by atoms with E-state index in [4.69, 9.17) is 4.74 Å². The van der Waals surface area contributed by atoms with Crippen LogP contribution in [0.5, 0.6) is 0 Å². The van der Waals surface area contributed by atoms with Crippen molar-refractivity contribution in [3.63, 3.8) is 0 Å². The van der Waals surface area contributed by atoms with Crippen molar-refractivity contribution in [1.29, 1.82) is 0 Å². The van der Waals surface area contributed by atoms with Crippen LogP contribution in [0.25, 0.3) is 10.9 Å². The fourth-order valence-electron chi connectivity index (χ4n) is 4.31. The van der Waals surface area contributed by atoms with Crippen molar-refractivity contribution < 1.29 is 9.13 Å². The van der Waals surface area contributed by atoms with Gasteiger partial charge in [0.15, 0.2) is 0 Å². The minimum Gasteiger partial charge on any atom is -0.489 e. The van der Waals surface area contributed by atoms with Crippen LogP contribution < -0.4 is 4.90 Å². The van der Waals surface area contributed by atoms with Crippen molar-refractivity contribution in [3.8, 4) is 0 Å². The second-order valence-electron chi connectivity index (χ2n) is 8.48. The number of ether oxygens (including phenoxy) is 1. The van der Waals surface area contributed by atoms with E-state index < -0.39 is 6.17 Å². The summed E-state index contributed by atoms with van der Waals surface area (Å²) in [7, 11) is 0. The summed E-state index contributed by atoms with van der Waals surface area (Å²) in [6.07, 6.45) is 8.81. The van der Waals surface area contributed by atoms with E-state index in [2.05, 4.69) is 62.2 Å². The quantitative estimate of drug-likeness (QED) is 0.532. The van der Waals surface area contributed by atoms with E-state index in [1.807, 2.05) is 30.5 Å². The van der Waals surface area contributed by atoms with Gasteiger partial charge in [0.05, 0.1) is 18.3 Å². The highest BCUT2D eigenvalue weighted by Gasteiger charge is 2.18. The standard InChI is InChI=1S/C26H29FN4O/c27-23-8-12-29(13-9-23)16-17-31-26-7-6-24(18-22(26)19-28-31)30-14-10-25(11-15-30)32-20-21-4-2-1-3-5-21/h1-7,10-11,14,18-19,23H,8-9,12-13,15-17,20H2. The minimum absolute atomic E-state index is 0.577. The van der Waals surface area contributed by atoms with Crippen LogP contribution in [0.15, 0.2) is 78.8 Å². The summed E-state index contributed by atoms with van der Waals surface area (Å²) in [5.41, 5.74) is 3.44. The molecule has 32 heavy (non-hydrogen) atoms. The van der Waals surface area contributed by atoms with Crippen LogP contribution >= 0.6 is 0 Å². The van der Waals surface area contributed by atoms with Crippen molar-refractivity contribution in [2.75, 3.05) is 31.1 Å². The van der Waals surface area contributed by atoms with E-state index in [1.54, 1.807) is 0 Å². The predicted octanol–water partition coefficient (Wildman–Crippen LogP) is 4.90. The largest absolute Gasteiger partial charge is 0.489 e. The molecule has 0 atom stereocenters. The van der Waals surface area contributed by atoms with Crippen molar-refractivity contribution in [3.05, 3.63) is 84.4 Å². The summed E-state index contributed by atoms with van der Waals surface area (Å²) in [6.45, 7) is 4.77. The summed E-state index contributed by atoms with van der Waals surface area (Å²) >= 11 is 0. The molecule has 0 aliphatic carbocycles. The highest BCUT2D eigenvalue weighted by molar-refractivity contribution is 5.83. The first-order chi connectivity index (χ1) is 15.7. The SMILES string of the molecule is FC1CCN(CCn2ncc3cc(N4C=CC(OCc5ccccc5)=CC4)ccc32)CC1. The number of nitrogens with zero attached hydrogens (tertiary/aromatic N) is 4. The Balaban J connectivity index is 1.18. The van der Waals surface area contributed by atoms with Gasteiger partial charge in [-0.25, -0.2) is 4.39 Å². The second-order valence-corrected chi connectivity index (χ2v) is 8.48. The van der Waals surface area contributed by atoms with Gasteiger partial charge < -0.3 is 14.5 Å². The molecule has 5 rings (SSSR count). The smallest absolute Gasteiger partial charge is 0.119 e. The lowest BCUT2D eigenvalue weighted by Gasteiger charge is -2.28. The van der Waals surface area contributed by atoms with E-state index in [1.165, 1.54) is 5.56 Å². The minimum atomic E-state index is -0.625. The van der Waals surface area contributed by atoms with Gasteiger partial charge in [-0.15, -0.1) is 0 Å². The van der Waals surface area contributed by atoms with Gasteiger partial charge in [0.1, 0.15) is 18.5 Å². The molecule has 0 spiro atoms. The molecular weight excluding hydrogens is 403 g/mol. The molecule has 2 aliphatic heterocycles. The van der Waals surface area contributed by atoms with Crippen molar-refractivity contribution in [2.24, 2.45) is 0 Å². The highest BCUT2D eigenvalue weighted by atomic mass is 19.1. The maximum atomic E-state index is 13.3. The van der Waals surface area contributed by atoms with Crippen LogP contribution in [0, 0.1) is 0 Å². The fourth-order valence-corrected chi connectivity index (χ4v) is 4.31. The first kappa shape index (κ1) is 20.8. The third kappa shape index (κ3) is 4.86. The van der Waals surface area contributed by atoms with Crippen LogP contribution in [-0.4, -0.2) is 47.0 Å². The van der Waals surface area contributed by atoms with Gasteiger partial charge in [0, 0.05) is 43.5 Å². The van der Waals surface area contributed by atoms with E-state index in [0.29, 0.717) is 19.4 Å². The average Bonchev–Trinajstić information content (AvgIpc) is 3.26. The summed E-state index contributed by atoms with van der Waals surface area (Å²) < 4.78 is 21.3. The van der Waals surface area contributed by atoms with Crippen molar-refractivity contribution >= 4 is 16.6 Å².